The van der Waals surface area contributed by atoms with Gasteiger partial charge in [0.05, 0.1) is 6.04 Å². The van der Waals surface area contributed by atoms with Crippen molar-refractivity contribution in [2.75, 3.05) is 6.54 Å². The predicted octanol–water partition coefficient (Wildman–Crippen LogP) is 3.67. The predicted molar refractivity (Wildman–Crippen MR) is 84.7 cm³/mol. The number of nitrogens with two attached hydrogens (primary N) is 1. The van der Waals surface area contributed by atoms with Crippen molar-refractivity contribution in [1.82, 2.24) is 5.32 Å². The van der Waals surface area contributed by atoms with Crippen LogP contribution in [0.4, 0.5) is 0 Å². The highest BCUT2D eigenvalue weighted by molar-refractivity contribution is 6.31. The lowest BCUT2D eigenvalue weighted by Crippen LogP contribution is -2.27. The summed E-state index contributed by atoms with van der Waals surface area (Å²) in [7, 11) is 0. The average Bonchev–Trinajstić information content (AvgIpc) is 2.43. The van der Waals surface area contributed by atoms with Crippen LogP contribution in [0, 0.1) is 5.92 Å². The molecule has 0 fully saturated rings. The number of rotatable bonds is 8. The first-order valence-electron chi connectivity index (χ1n) is 7.32. The molecular weight excluding hydrogens is 272 g/mol. The molecule has 1 aromatic carbocycles. The van der Waals surface area contributed by atoms with E-state index in [1.165, 1.54) is 0 Å². The molecule has 0 heterocycles. The summed E-state index contributed by atoms with van der Waals surface area (Å²) in [4.78, 5) is 12.0. The standard InChI is InChI=1S/C16H25ClN2O/c1-3-13(10-11-18)8-9-16(20)19-12(2)14-6-4-5-7-15(14)17/h4-7,12-13H,3,8-11,18H2,1-2H3,(H,19,20)/t12-,13?/m0/s1. The van der Waals surface area contributed by atoms with Gasteiger partial charge in [-0.2, -0.15) is 0 Å². The highest BCUT2D eigenvalue weighted by atomic mass is 35.5. The van der Waals surface area contributed by atoms with Crippen LogP contribution in [0.5, 0.6) is 0 Å². The van der Waals surface area contributed by atoms with Crippen LogP contribution in [0.1, 0.15) is 51.1 Å². The Bertz CT molecular complexity index is 423. The van der Waals surface area contributed by atoms with Gasteiger partial charge in [0, 0.05) is 11.4 Å². The Balaban J connectivity index is 2.44. The maximum Gasteiger partial charge on any atom is 0.220 e. The molecule has 2 atom stereocenters. The zero-order valence-electron chi connectivity index (χ0n) is 12.4. The van der Waals surface area contributed by atoms with Crippen LogP contribution >= 0.6 is 11.6 Å². The van der Waals surface area contributed by atoms with E-state index in [2.05, 4.69) is 12.2 Å². The second kappa shape index (κ2) is 8.98. The third-order valence-corrected chi connectivity index (χ3v) is 4.03. The Hall–Kier alpha value is -1.06. The summed E-state index contributed by atoms with van der Waals surface area (Å²) in [6.45, 7) is 4.79. The molecule has 0 spiro atoms. The van der Waals surface area contributed by atoms with Crippen molar-refractivity contribution >= 4 is 17.5 Å². The van der Waals surface area contributed by atoms with Gasteiger partial charge in [-0.25, -0.2) is 0 Å². The summed E-state index contributed by atoms with van der Waals surface area (Å²) in [5.41, 5.74) is 6.52. The van der Waals surface area contributed by atoms with Crippen molar-refractivity contribution in [3.05, 3.63) is 34.9 Å². The normalized spacial score (nSPS) is 13.8. The van der Waals surface area contributed by atoms with Crippen molar-refractivity contribution in [3.63, 3.8) is 0 Å². The maximum absolute atomic E-state index is 12.0. The van der Waals surface area contributed by atoms with E-state index in [9.17, 15) is 4.79 Å². The summed E-state index contributed by atoms with van der Waals surface area (Å²) in [5, 5.41) is 3.69. The second-order valence-corrected chi connectivity index (χ2v) is 5.61. The van der Waals surface area contributed by atoms with Gasteiger partial charge in [0.1, 0.15) is 0 Å². The lowest BCUT2D eigenvalue weighted by atomic mass is 9.96. The van der Waals surface area contributed by atoms with Crippen molar-refractivity contribution in [2.45, 2.75) is 45.6 Å². The molecule has 0 aliphatic carbocycles. The van der Waals surface area contributed by atoms with Gasteiger partial charge in [-0.15, -0.1) is 0 Å². The Morgan fingerprint density at radius 1 is 1.35 bits per heavy atom. The molecule has 112 valence electrons. The summed E-state index contributed by atoms with van der Waals surface area (Å²) in [6, 6.07) is 7.53. The van der Waals surface area contributed by atoms with Gasteiger partial charge in [0.15, 0.2) is 0 Å². The van der Waals surface area contributed by atoms with Crippen molar-refractivity contribution in [2.24, 2.45) is 11.7 Å². The zero-order chi connectivity index (χ0) is 15.0. The van der Waals surface area contributed by atoms with E-state index in [4.69, 9.17) is 17.3 Å². The molecular formula is C16H25ClN2O. The monoisotopic (exact) mass is 296 g/mol. The molecule has 0 aliphatic rings. The minimum absolute atomic E-state index is 0.0641. The highest BCUT2D eigenvalue weighted by Gasteiger charge is 2.13. The van der Waals surface area contributed by atoms with Gasteiger partial charge < -0.3 is 11.1 Å². The van der Waals surface area contributed by atoms with E-state index < -0.39 is 0 Å². The SMILES string of the molecule is CCC(CCN)CCC(=O)N[C@@H](C)c1ccccc1Cl. The Morgan fingerprint density at radius 3 is 2.65 bits per heavy atom. The molecule has 0 aliphatic heterocycles. The first-order valence-corrected chi connectivity index (χ1v) is 7.70. The van der Waals surface area contributed by atoms with Crippen molar-refractivity contribution in [3.8, 4) is 0 Å². The fraction of sp³-hybridized carbons (Fsp3) is 0.562. The molecule has 1 amide bonds. The maximum atomic E-state index is 12.0. The Kier molecular flexibility index (Phi) is 7.63. The minimum Gasteiger partial charge on any atom is -0.350 e. The largest absolute Gasteiger partial charge is 0.350 e. The van der Waals surface area contributed by atoms with Crippen LogP contribution in [-0.2, 0) is 4.79 Å². The number of hydrogen-bond acceptors (Lipinski definition) is 2. The fourth-order valence-corrected chi connectivity index (χ4v) is 2.64. The first kappa shape index (κ1) is 17.0. The van der Waals surface area contributed by atoms with Gasteiger partial charge in [0.25, 0.3) is 0 Å². The van der Waals surface area contributed by atoms with Crippen molar-refractivity contribution < 1.29 is 4.79 Å². The molecule has 0 saturated carbocycles. The molecule has 4 heteroatoms. The summed E-state index contributed by atoms with van der Waals surface area (Å²) in [6.07, 6.45) is 3.51. The number of carbonyl (C=O) groups excluding carboxylic acids is 1. The van der Waals surface area contributed by atoms with Crippen molar-refractivity contribution in [1.29, 1.82) is 0 Å². The van der Waals surface area contributed by atoms with Gasteiger partial charge in [-0.3, -0.25) is 4.79 Å². The van der Waals surface area contributed by atoms with E-state index in [-0.39, 0.29) is 11.9 Å². The van der Waals surface area contributed by atoms with Crippen LogP contribution in [-0.4, -0.2) is 12.5 Å². The highest BCUT2D eigenvalue weighted by Crippen LogP contribution is 2.22. The van der Waals surface area contributed by atoms with Crippen LogP contribution in [0.25, 0.3) is 0 Å². The van der Waals surface area contributed by atoms with Crippen LogP contribution in [0.3, 0.4) is 0 Å². The van der Waals surface area contributed by atoms with Gasteiger partial charge in [-0.05, 0) is 43.9 Å². The lowest BCUT2D eigenvalue weighted by molar-refractivity contribution is -0.122. The third kappa shape index (κ3) is 5.51. The molecule has 1 aromatic rings. The number of amides is 1. The Labute approximate surface area is 126 Å². The van der Waals surface area contributed by atoms with Gasteiger partial charge >= 0.3 is 0 Å². The van der Waals surface area contributed by atoms with E-state index in [0.29, 0.717) is 23.9 Å². The molecule has 3 N–H and O–H groups in total. The first-order chi connectivity index (χ1) is 9.58. The molecule has 1 unspecified atom stereocenters. The number of hydrogen-bond donors (Lipinski definition) is 2. The van der Waals surface area contributed by atoms with E-state index in [0.717, 1.165) is 24.8 Å². The molecule has 1 rings (SSSR count). The van der Waals surface area contributed by atoms with Crippen LogP contribution < -0.4 is 11.1 Å². The molecule has 0 radical (unpaired) electrons. The molecule has 0 bridgehead atoms. The number of nitrogens with one attached hydrogen (secondary N) is 1. The Morgan fingerprint density at radius 2 is 2.05 bits per heavy atom. The minimum atomic E-state index is -0.0641. The van der Waals surface area contributed by atoms with Crippen LogP contribution in [0.2, 0.25) is 5.02 Å². The molecule has 3 nitrogen and oxygen atoms in total. The number of carbonyl (C=O) groups is 1. The van der Waals surface area contributed by atoms with E-state index >= 15 is 0 Å². The van der Waals surface area contributed by atoms with E-state index in [1.54, 1.807) is 0 Å². The summed E-state index contributed by atoms with van der Waals surface area (Å²) >= 11 is 6.13. The molecule has 20 heavy (non-hydrogen) atoms. The fourth-order valence-electron chi connectivity index (χ4n) is 2.34. The van der Waals surface area contributed by atoms with Gasteiger partial charge in [-0.1, -0.05) is 43.1 Å². The smallest absolute Gasteiger partial charge is 0.220 e. The average molecular weight is 297 g/mol. The zero-order valence-corrected chi connectivity index (χ0v) is 13.1. The van der Waals surface area contributed by atoms with Gasteiger partial charge in [0.2, 0.25) is 5.91 Å². The van der Waals surface area contributed by atoms with Crippen LogP contribution in [0.15, 0.2) is 24.3 Å². The summed E-state index contributed by atoms with van der Waals surface area (Å²) in [5.74, 6) is 0.620. The molecule has 0 saturated heterocycles. The van der Waals surface area contributed by atoms with E-state index in [1.807, 2.05) is 31.2 Å². The quantitative estimate of drug-likeness (QED) is 0.769. The molecule has 0 aromatic heterocycles. The second-order valence-electron chi connectivity index (χ2n) is 5.20. The number of halogens is 1. The number of benzene rings is 1. The summed E-state index contributed by atoms with van der Waals surface area (Å²) < 4.78 is 0. The third-order valence-electron chi connectivity index (χ3n) is 3.68. The topological polar surface area (TPSA) is 55.1 Å². The lowest BCUT2D eigenvalue weighted by Gasteiger charge is -2.17.